The lowest BCUT2D eigenvalue weighted by Crippen LogP contribution is -2.23. The Morgan fingerprint density at radius 3 is 3.19 bits per heavy atom. The highest BCUT2D eigenvalue weighted by molar-refractivity contribution is 7.13. The number of H-pyrrole nitrogens is 1. The van der Waals surface area contributed by atoms with Crippen molar-refractivity contribution in [1.82, 2.24) is 14.9 Å². The van der Waals surface area contributed by atoms with E-state index >= 15 is 0 Å². The summed E-state index contributed by atoms with van der Waals surface area (Å²) in [6.07, 6.45) is 6.23. The third kappa shape index (κ3) is 2.54. The summed E-state index contributed by atoms with van der Waals surface area (Å²) in [5.41, 5.74) is 2.31. The van der Waals surface area contributed by atoms with Crippen molar-refractivity contribution in [2.75, 3.05) is 6.54 Å². The van der Waals surface area contributed by atoms with Crippen LogP contribution in [0, 0.1) is 0 Å². The monoisotopic (exact) mass is 299 g/mol. The highest BCUT2D eigenvalue weighted by atomic mass is 32.1. The minimum Gasteiger partial charge on any atom is -0.444 e. The van der Waals surface area contributed by atoms with E-state index in [0.29, 0.717) is 6.04 Å². The van der Waals surface area contributed by atoms with Crippen molar-refractivity contribution >= 4 is 11.3 Å². The highest BCUT2D eigenvalue weighted by Crippen LogP contribution is 2.32. The van der Waals surface area contributed by atoms with Crippen molar-refractivity contribution < 1.29 is 4.42 Å². The SMILES string of the molecule is c1c[nH]c(C2CCCN2Cc2coc(-c3cccs3)n2)c1. The van der Waals surface area contributed by atoms with E-state index in [9.17, 15) is 0 Å². The molecule has 108 valence electrons. The van der Waals surface area contributed by atoms with E-state index in [4.69, 9.17) is 4.42 Å². The average molecular weight is 299 g/mol. The molecule has 5 heteroatoms. The van der Waals surface area contributed by atoms with Crippen LogP contribution in [0.3, 0.4) is 0 Å². The van der Waals surface area contributed by atoms with Crippen LogP contribution in [0.25, 0.3) is 10.8 Å². The molecule has 4 rings (SSSR count). The topological polar surface area (TPSA) is 45.1 Å². The molecular formula is C16H17N3OS. The van der Waals surface area contributed by atoms with E-state index in [1.807, 2.05) is 23.7 Å². The lowest BCUT2D eigenvalue weighted by atomic mass is 10.1. The predicted octanol–water partition coefficient (Wildman–Crippen LogP) is 4.07. The molecule has 1 N–H and O–H groups in total. The van der Waals surface area contributed by atoms with Crippen LogP contribution in [-0.2, 0) is 6.54 Å². The molecule has 1 aliphatic rings. The zero-order valence-electron chi connectivity index (χ0n) is 11.7. The number of aromatic nitrogens is 2. The van der Waals surface area contributed by atoms with Crippen molar-refractivity contribution in [3.63, 3.8) is 0 Å². The van der Waals surface area contributed by atoms with Crippen LogP contribution < -0.4 is 0 Å². The van der Waals surface area contributed by atoms with Gasteiger partial charge in [0, 0.05) is 18.4 Å². The fourth-order valence-corrected chi connectivity index (χ4v) is 3.68. The van der Waals surface area contributed by atoms with E-state index in [0.717, 1.165) is 29.6 Å². The number of thiophene rings is 1. The first-order valence-electron chi connectivity index (χ1n) is 7.26. The van der Waals surface area contributed by atoms with Gasteiger partial charge < -0.3 is 9.40 Å². The molecule has 1 aliphatic heterocycles. The van der Waals surface area contributed by atoms with Crippen LogP contribution in [-0.4, -0.2) is 21.4 Å². The lowest BCUT2D eigenvalue weighted by Gasteiger charge is -2.22. The van der Waals surface area contributed by atoms with Crippen LogP contribution in [0.15, 0.2) is 46.5 Å². The minimum absolute atomic E-state index is 0.474. The van der Waals surface area contributed by atoms with Crippen molar-refractivity contribution in [2.45, 2.75) is 25.4 Å². The Balaban J connectivity index is 1.51. The van der Waals surface area contributed by atoms with Crippen LogP contribution in [0.5, 0.6) is 0 Å². The summed E-state index contributed by atoms with van der Waals surface area (Å²) in [6, 6.07) is 8.77. The minimum atomic E-state index is 0.474. The van der Waals surface area contributed by atoms with E-state index in [2.05, 4.69) is 27.0 Å². The van der Waals surface area contributed by atoms with Gasteiger partial charge in [0.05, 0.1) is 16.6 Å². The fraction of sp³-hybridized carbons (Fsp3) is 0.312. The molecule has 0 saturated carbocycles. The molecule has 1 atom stereocenters. The number of hydrogen-bond donors (Lipinski definition) is 1. The molecule has 0 aliphatic carbocycles. The van der Waals surface area contributed by atoms with Crippen molar-refractivity contribution in [3.05, 3.63) is 53.5 Å². The molecule has 3 aromatic rings. The van der Waals surface area contributed by atoms with Gasteiger partial charge >= 0.3 is 0 Å². The average Bonchev–Trinajstić information content (AvgIpc) is 3.28. The Labute approximate surface area is 127 Å². The van der Waals surface area contributed by atoms with E-state index < -0.39 is 0 Å². The third-order valence-electron chi connectivity index (χ3n) is 3.99. The number of oxazole rings is 1. The van der Waals surface area contributed by atoms with Gasteiger partial charge in [0.1, 0.15) is 6.26 Å². The summed E-state index contributed by atoms with van der Waals surface area (Å²) in [5.74, 6) is 0.732. The Kier molecular flexibility index (Phi) is 3.37. The smallest absolute Gasteiger partial charge is 0.236 e. The van der Waals surface area contributed by atoms with Gasteiger partial charge in [-0.3, -0.25) is 4.90 Å². The molecule has 0 spiro atoms. The summed E-state index contributed by atoms with van der Waals surface area (Å²) in [5, 5.41) is 2.04. The largest absolute Gasteiger partial charge is 0.444 e. The summed E-state index contributed by atoms with van der Waals surface area (Å²) in [4.78, 5) is 11.5. The number of nitrogens with one attached hydrogen (secondary N) is 1. The second kappa shape index (κ2) is 5.50. The summed E-state index contributed by atoms with van der Waals surface area (Å²) >= 11 is 1.66. The van der Waals surface area contributed by atoms with Gasteiger partial charge in [-0.25, -0.2) is 4.98 Å². The second-order valence-corrected chi connectivity index (χ2v) is 6.32. The fourth-order valence-electron chi connectivity index (χ4n) is 3.02. The molecule has 1 unspecified atom stereocenters. The maximum Gasteiger partial charge on any atom is 0.236 e. The number of rotatable bonds is 4. The Morgan fingerprint density at radius 2 is 2.38 bits per heavy atom. The Bertz CT molecular complexity index is 687. The predicted molar refractivity (Wildman–Crippen MR) is 83.0 cm³/mol. The molecule has 1 fully saturated rings. The molecule has 3 aromatic heterocycles. The van der Waals surface area contributed by atoms with E-state index in [1.54, 1.807) is 17.6 Å². The van der Waals surface area contributed by atoms with Crippen LogP contribution >= 0.6 is 11.3 Å². The van der Waals surface area contributed by atoms with Gasteiger partial charge in [0.15, 0.2) is 0 Å². The highest BCUT2D eigenvalue weighted by Gasteiger charge is 2.27. The zero-order chi connectivity index (χ0) is 14.1. The Hall–Kier alpha value is -1.85. The Morgan fingerprint density at radius 1 is 1.38 bits per heavy atom. The van der Waals surface area contributed by atoms with Crippen molar-refractivity contribution in [2.24, 2.45) is 0 Å². The van der Waals surface area contributed by atoms with Crippen molar-refractivity contribution in [1.29, 1.82) is 0 Å². The molecule has 21 heavy (non-hydrogen) atoms. The van der Waals surface area contributed by atoms with Gasteiger partial charge in [-0.05, 0) is 43.0 Å². The van der Waals surface area contributed by atoms with Crippen molar-refractivity contribution in [3.8, 4) is 10.8 Å². The molecule has 4 nitrogen and oxygen atoms in total. The quantitative estimate of drug-likeness (QED) is 0.790. The maximum atomic E-state index is 5.61. The second-order valence-electron chi connectivity index (χ2n) is 5.38. The normalized spacial score (nSPS) is 19.3. The number of likely N-dealkylation sites (tertiary alicyclic amines) is 1. The van der Waals surface area contributed by atoms with Crippen LogP contribution in [0.2, 0.25) is 0 Å². The first kappa shape index (κ1) is 12.9. The van der Waals surface area contributed by atoms with E-state index in [1.165, 1.54) is 18.5 Å². The van der Waals surface area contributed by atoms with Crippen LogP contribution in [0.4, 0.5) is 0 Å². The molecule has 0 aromatic carbocycles. The van der Waals surface area contributed by atoms with E-state index in [-0.39, 0.29) is 0 Å². The standard InChI is InChI=1S/C16H17N3OS/c1-4-13(17-7-1)14-5-2-8-19(14)10-12-11-20-16(18-12)15-6-3-9-21-15/h1,3-4,6-7,9,11,14,17H,2,5,8,10H2. The number of hydrogen-bond acceptors (Lipinski definition) is 4. The first-order valence-corrected chi connectivity index (χ1v) is 8.14. The maximum absolute atomic E-state index is 5.61. The molecular weight excluding hydrogens is 282 g/mol. The first-order chi connectivity index (χ1) is 10.4. The third-order valence-corrected chi connectivity index (χ3v) is 4.85. The molecule has 4 heterocycles. The van der Waals surface area contributed by atoms with Gasteiger partial charge in [-0.1, -0.05) is 6.07 Å². The van der Waals surface area contributed by atoms with Gasteiger partial charge in [0.2, 0.25) is 5.89 Å². The van der Waals surface area contributed by atoms with Gasteiger partial charge in [0.25, 0.3) is 0 Å². The lowest BCUT2D eigenvalue weighted by molar-refractivity contribution is 0.242. The molecule has 1 saturated heterocycles. The summed E-state index contributed by atoms with van der Waals surface area (Å²) in [7, 11) is 0. The zero-order valence-corrected chi connectivity index (χ0v) is 12.5. The summed E-state index contributed by atoms with van der Waals surface area (Å²) < 4.78 is 5.61. The molecule has 0 amide bonds. The molecule has 0 radical (unpaired) electrons. The van der Waals surface area contributed by atoms with Crippen LogP contribution in [0.1, 0.15) is 30.3 Å². The molecule has 0 bridgehead atoms. The van der Waals surface area contributed by atoms with Gasteiger partial charge in [-0.2, -0.15) is 0 Å². The summed E-state index contributed by atoms with van der Waals surface area (Å²) in [6.45, 7) is 1.96. The van der Waals surface area contributed by atoms with Gasteiger partial charge in [-0.15, -0.1) is 11.3 Å². The number of nitrogens with zero attached hydrogens (tertiary/aromatic N) is 2. The number of aromatic amines is 1.